The zero-order valence-corrected chi connectivity index (χ0v) is 20.9. The number of methoxy groups -OCH3 is 1. The van der Waals surface area contributed by atoms with Crippen LogP contribution < -0.4 is 14.8 Å². The minimum absolute atomic E-state index is 0.0493. The lowest BCUT2D eigenvalue weighted by Gasteiger charge is -2.32. The number of ether oxygens (including phenoxy) is 2. The monoisotopic (exact) mass is 474 g/mol. The van der Waals surface area contributed by atoms with Crippen LogP contribution in [-0.2, 0) is 22.6 Å². The van der Waals surface area contributed by atoms with Crippen molar-refractivity contribution in [1.29, 1.82) is 0 Å². The van der Waals surface area contributed by atoms with E-state index in [-0.39, 0.29) is 24.5 Å². The van der Waals surface area contributed by atoms with Gasteiger partial charge >= 0.3 is 0 Å². The fourth-order valence-corrected chi connectivity index (χ4v) is 3.81. The summed E-state index contributed by atoms with van der Waals surface area (Å²) in [7, 11) is 1.60. The van der Waals surface area contributed by atoms with Gasteiger partial charge in [-0.3, -0.25) is 9.59 Å². The van der Waals surface area contributed by atoms with Crippen LogP contribution in [0.25, 0.3) is 0 Å². The molecule has 0 radical (unpaired) electrons. The highest BCUT2D eigenvalue weighted by atomic mass is 16.5. The SMILES string of the molecule is COc1ccc(OCC(=O)N(Cc2ccccc2C)C(Cc2ccccc2)C(=O)NC(C)C)cc1. The van der Waals surface area contributed by atoms with E-state index in [2.05, 4.69) is 5.32 Å². The zero-order valence-electron chi connectivity index (χ0n) is 20.9. The smallest absolute Gasteiger partial charge is 0.261 e. The first kappa shape index (κ1) is 25.8. The Balaban J connectivity index is 1.89. The average Bonchev–Trinajstić information content (AvgIpc) is 2.86. The van der Waals surface area contributed by atoms with Crippen LogP contribution in [0, 0.1) is 6.92 Å². The maximum absolute atomic E-state index is 13.6. The number of hydrogen-bond acceptors (Lipinski definition) is 4. The number of hydrogen-bond donors (Lipinski definition) is 1. The standard InChI is InChI=1S/C29H34N2O4/c1-21(2)30-29(33)27(18-23-11-6-5-7-12-23)31(19-24-13-9-8-10-22(24)3)28(32)20-35-26-16-14-25(34-4)15-17-26/h5-17,21,27H,18-20H2,1-4H3,(H,30,33). The van der Waals surface area contributed by atoms with Crippen molar-refractivity contribution >= 4 is 11.8 Å². The van der Waals surface area contributed by atoms with Crippen molar-refractivity contribution in [2.75, 3.05) is 13.7 Å². The van der Waals surface area contributed by atoms with Crippen LogP contribution in [0.3, 0.4) is 0 Å². The number of nitrogens with zero attached hydrogens (tertiary/aromatic N) is 1. The van der Waals surface area contributed by atoms with Crippen LogP contribution in [0.2, 0.25) is 0 Å². The Morgan fingerprint density at radius 2 is 1.51 bits per heavy atom. The second-order valence-corrected chi connectivity index (χ2v) is 8.78. The Hall–Kier alpha value is -3.80. The van der Waals surface area contributed by atoms with E-state index in [9.17, 15) is 9.59 Å². The van der Waals surface area contributed by atoms with Crippen LogP contribution in [0.5, 0.6) is 11.5 Å². The molecule has 0 bridgehead atoms. The molecule has 0 fully saturated rings. The highest BCUT2D eigenvalue weighted by molar-refractivity contribution is 5.88. The molecule has 0 aromatic heterocycles. The minimum Gasteiger partial charge on any atom is -0.497 e. The summed E-state index contributed by atoms with van der Waals surface area (Å²) in [6, 6.07) is 24.0. The van der Waals surface area contributed by atoms with Gasteiger partial charge in [0, 0.05) is 19.0 Å². The van der Waals surface area contributed by atoms with Gasteiger partial charge in [0.25, 0.3) is 5.91 Å². The van der Waals surface area contributed by atoms with Gasteiger partial charge in [-0.25, -0.2) is 0 Å². The number of benzene rings is 3. The number of aryl methyl sites for hydroxylation is 1. The fraction of sp³-hybridized carbons (Fsp3) is 0.310. The molecule has 0 saturated heterocycles. The van der Waals surface area contributed by atoms with Crippen LogP contribution in [0.1, 0.15) is 30.5 Å². The fourth-order valence-electron chi connectivity index (χ4n) is 3.81. The molecule has 3 aromatic rings. The highest BCUT2D eigenvalue weighted by Gasteiger charge is 2.31. The summed E-state index contributed by atoms with van der Waals surface area (Å²) in [6.45, 7) is 5.96. The van der Waals surface area contributed by atoms with E-state index in [1.165, 1.54) is 0 Å². The second kappa shape index (κ2) is 12.6. The van der Waals surface area contributed by atoms with Crippen molar-refractivity contribution in [2.24, 2.45) is 0 Å². The zero-order chi connectivity index (χ0) is 25.2. The molecule has 1 unspecified atom stereocenters. The largest absolute Gasteiger partial charge is 0.497 e. The first-order chi connectivity index (χ1) is 16.9. The summed E-state index contributed by atoms with van der Waals surface area (Å²) in [4.78, 5) is 28.6. The van der Waals surface area contributed by atoms with Gasteiger partial charge in [0.05, 0.1) is 7.11 Å². The predicted octanol–water partition coefficient (Wildman–Crippen LogP) is 4.55. The molecule has 0 heterocycles. The maximum atomic E-state index is 13.6. The molecule has 0 aliphatic carbocycles. The third-order valence-electron chi connectivity index (χ3n) is 5.73. The summed E-state index contributed by atoms with van der Waals surface area (Å²) in [5.74, 6) is 0.818. The van der Waals surface area contributed by atoms with Crippen molar-refractivity contribution < 1.29 is 19.1 Å². The van der Waals surface area contributed by atoms with Crippen molar-refractivity contribution in [1.82, 2.24) is 10.2 Å². The molecule has 0 aliphatic heterocycles. The molecule has 0 saturated carbocycles. The van der Waals surface area contributed by atoms with E-state index in [1.54, 1.807) is 36.3 Å². The quantitative estimate of drug-likeness (QED) is 0.443. The summed E-state index contributed by atoms with van der Waals surface area (Å²) < 4.78 is 11.0. The molecule has 1 N–H and O–H groups in total. The van der Waals surface area contributed by atoms with Crippen molar-refractivity contribution in [2.45, 2.75) is 45.8 Å². The molecule has 0 spiro atoms. The van der Waals surface area contributed by atoms with E-state index in [4.69, 9.17) is 9.47 Å². The number of amides is 2. The normalized spacial score (nSPS) is 11.6. The topological polar surface area (TPSA) is 67.9 Å². The van der Waals surface area contributed by atoms with Gasteiger partial charge in [-0.05, 0) is 61.7 Å². The number of nitrogens with one attached hydrogen (secondary N) is 1. The second-order valence-electron chi connectivity index (χ2n) is 8.78. The Bertz CT molecular complexity index is 1100. The molecule has 6 nitrogen and oxygen atoms in total. The lowest BCUT2D eigenvalue weighted by molar-refractivity contribution is -0.143. The van der Waals surface area contributed by atoms with Gasteiger partial charge < -0.3 is 19.7 Å². The summed E-state index contributed by atoms with van der Waals surface area (Å²) >= 11 is 0. The van der Waals surface area contributed by atoms with Gasteiger partial charge in [-0.2, -0.15) is 0 Å². The molecule has 3 rings (SSSR count). The van der Waals surface area contributed by atoms with Crippen molar-refractivity contribution in [3.05, 3.63) is 95.6 Å². The third kappa shape index (κ3) is 7.60. The van der Waals surface area contributed by atoms with E-state index in [0.29, 0.717) is 24.5 Å². The Kier molecular flexibility index (Phi) is 9.30. The van der Waals surface area contributed by atoms with Crippen LogP contribution in [-0.4, -0.2) is 42.5 Å². The van der Waals surface area contributed by atoms with Crippen LogP contribution in [0.15, 0.2) is 78.9 Å². The van der Waals surface area contributed by atoms with Gasteiger partial charge in [0.2, 0.25) is 5.91 Å². The van der Waals surface area contributed by atoms with Crippen molar-refractivity contribution in [3.63, 3.8) is 0 Å². The summed E-state index contributed by atoms with van der Waals surface area (Å²) in [5, 5.41) is 3.00. The third-order valence-corrected chi connectivity index (χ3v) is 5.73. The molecule has 2 amide bonds. The highest BCUT2D eigenvalue weighted by Crippen LogP contribution is 2.20. The van der Waals surface area contributed by atoms with Gasteiger partial charge in [0.1, 0.15) is 17.5 Å². The van der Waals surface area contributed by atoms with Crippen LogP contribution >= 0.6 is 0 Å². The molecular weight excluding hydrogens is 440 g/mol. The first-order valence-corrected chi connectivity index (χ1v) is 11.8. The summed E-state index contributed by atoms with van der Waals surface area (Å²) in [5.41, 5.74) is 3.03. The molecule has 3 aromatic carbocycles. The molecule has 6 heteroatoms. The van der Waals surface area contributed by atoms with Gasteiger partial charge in [0.15, 0.2) is 6.61 Å². The average molecular weight is 475 g/mol. The summed E-state index contributed by atoms with van der Waals surface area (Å²) in [6.07, 6.45) is 0.402. The minimum atomic E-state index is -0.689. The van der Waals surface area contributed by atoms with E-state index >= 15 is 0 Å². The van der Waals surface area contributed by atoms with Crippen LogP contribution in [0.4, 0.5) is 0 Å². The first-order valence-electron chi connectivity index (χ1n) is 11.8. The predicted molar refractivity (Wildman–Crippen MR) is 137 cm³/mol. The number of rotatable bonds is 11. The van der Waals surface area contributed by atoms with E-state index in [0.717, 1.165) is 16.7 Å². The maximum Gasteiger partial charge on any atom is 0.261 e. The molecule has 0 aliphatic rings. The lowest BCUT2D eigenvalue weighted by Crippen LogP contribution is -2.52. The Morgan fingerprint density at radius 1 is 0.886 bits per heavy atom. The number of carbonyl (C=O) groups is 2. The van der Waals surface area contributed by atoms with Gasteiger partial charge in [-0.15, -0.1) is 0 Å². The van der Waals surface area contributed by atoms with Crippen molar-refractivity contribution in [3.8, 4) is 11.5 Å². The number of carbonyl (C=O) groups excluding carboxylic acids is 2. The lowest BCUT2D eigenvalue weighted by atomic mass is 10.0. The Morgan fingerprint density at radius 3 is 2.14 bits per heavy atom. The molecule has 35 heavy (non-hydrogen) atoms. The van der Waals surface area contributed by atoms with Gasteiger partial charge in [-0.1, -0.05) is 54.6 Å². The Labute approximate surface area is 207 Å². The van der Waals surface area contributed by atoms with E-state index < -0.39 is 6.04 Å². The molecule has 1 atom stereocenters. The van der Waals surface area contributed by atoms with E-state index in [1.807, 2.05) is 75.4 Å². The molecule has 184 valence electrons. The molecular formula is C29H34N2O4.